The van der Waals surface area contributed by atoms with E-state index in [1.165, 1.54) is 11.6 Å². The highest BCUT2D eigenvalue weighted by Crippen LogP contribution is 2.19. The largest absolute Gasteiger partial charge is 0.508 e. The fourth-order valence-corrected chi connectivity index (χ4v) is 2.36. The minimum absolute atomic E-state index is 0.245. The van der Waals surface area contributed by atoms with E-state index >= 15 is 0 Å². The van der Waals surface area contributed by atoms with E-state index in [0.29, 0.717) is 17.1 Å². The van der Waals surface area contributed by atoms with Crippen LogP contribution in [0, 0.1) is 5.82 Å². The molecule has 2 N–H and O–H groups in total. The number of hydrogen-bond donors (Lipinski definition) is 2. The number of nitrogens with one attached hydrogen (secondary N) is 1. The molecule has 0 saturated heterocycles. The fraction of sp³-hybridized carbons (Fsp3) is 0.294. The first-order chi connectivity index (χ1) is 10.1. The molecule has 0 aromatic heterocycles. The first kappa shape index (κ1) is 15.8. The van der Waals surface area contributed by atoms with Crippen molar-refractivity contribution < 1.29 is 9.50 Å². The summed E-state index contributed by atoms with van der Waals surface area (Å²) in [6, 6.07) is 12.2. The van der Waals surface area contributed by atoms with Crippen LogP contribution in [0.5, 0.6) is 5.75 Å². The molecule has 21 heavy (non-hydrogen) atoms. The number of aryl methyl sites for hydroxylation is 1. The van der Waals surface area contributed by atoms with Crippen LogP contribution in [0.3, 0.4) is 0 Å². The Morgan fingerprint density at radius 3 is 2.57 bits per heavy atom. The number of halogens is 2. The lowest BCUT2D eigenvalue weighted by molar-refractivity contribution is 0.474. The molecule has 0 amide bonds. The third kappa shape index (κ3) is 4.73. The molecule has 0 aliphatic rings. The molecule has 0 heterocycles. The first-order valence-corrected chi connectivity index (χ1v) is 7.38. The lowest BCUT2D eigenvalue weighted by Gasteiger charge is -2.15. The van der Waals surface area contributed by atoms with Gasteiger partial charge in [0.15, 0.2) is 0 Å². The van der Waals surface area contributed by atoms with Crippen LogP contribution in [-0.2, 0) is 13.0 Å². The molecule has 2 rings (SSSR count). The third-order valence-electron chi connectivity index (χ3n) is 3.49. The zero-order chi connectivity index (χ0) is 15.2. The quantitative estimate of drug-likeness (QED) is 0.834. The molecular formula is C17H19ClFNO. The van der Waals surface area contributed by atoms with Gasteiger partial charge < -0.3 is 10.4 Å². The fourth-order valence-electron chi connectivity index (χ4n) is 2.13. The van der Waals surface area contributed by atoms with Gasteiger partial charge in [0.1, 0.15) is 11.6 Å². The summed E-state index contributed by atoms with van der Waals surface area (Å²) >= 11 is 6.00. The summed E-state index contributed by atoms with van der Waals surface area (Å²) < 4.78 is 13.6. The SMILES string of the molecule is CC(CCc1ccc(O)cc1)NCc1c(F)cccc1Cl. The molecule has 2 nitrogen and oxygen atoms in total. The molecule has 0 spiro atoms. The minimum Gasteiger partial charge on any atom is -0.508 e. The summed E-state index contributed by atoms with van der Waals surface area (Å²) in [6.07, 6.45) is 1.83. The second-order valence-electron chi connectivity index (χ2n) is 5.19. The van der Waals surface area contributed by atoms with E-state index in [1.807, 2.05) is 12.1 Å². The standard InChI is InChI=1S/C17H19ClFNO/c1-12(5-6-13-7-9-14(21)10-8-13)20-11-15-16(18)3-2-4-17(15)19/h2-4,7-10,12,20-21H,5-6,11H2,1H3. The maximum Gasteiger partial charge on any atom is 0.129 e. The lowest BCUT2D eigenvalue weighted by atomic mass is 10.1. The summed E-state index contributed by atoms with van der Waals surface area (Å²) in [5, 5.41) is 13.0. The summed E-state index contributed by atoms with van der Waals surface area (Å²) in [7, 11) is 0. The van der Waals surface area contributed by atoms with Crippen LogP contribution in [0.4, 0.5) is 4.39 Å². The first-order valence-electron chi connectivity index (χ1n) is 7.00. The molecule has 0 fully saturated rings. The third-order valence-corrected chi connectivity index (χ3v) is 3.85. The Labute approximate surface area is 129 Å². The molecule has 0 aliphatic heterocycles. The molecule has 1 atom stereocenters. The van der Waals surface area contributed by atoms with Crippen LogP contribution in [0.25, 0.3) is 0 Å². The van der Waals surface area contributed by atoms with Crippen molar-refractivity contribution in [1.29, 1.82) is 0 Å². The van der Waals surface area contributed by atoms with Crippen molar-refractivity contribution in [1.82, 2.24) is 5.32 Å². The average Bonchev–Trinajstić information content (AvgIpc) is 2.46. The Morgan fingerprint density at radius 1 is 1.19 bits per heavy atom. The number of phenols is 1. The van der Waals surface area contributed by atoms with Crippen molar-refractivity contribution in [2.24, 2.45) is 0 Å². The van der Waals surface area contributed by atoms with E-state index in [-0.39, 0.29) is 17.6 Å². The zero-order valence-corrected chi connectivity index (χ0v) is 12.7. The summed E-state index contributed by atoms with van der Waals surface area (Å²) in [4.78, 5) is 0. The van der Waals surface area contributed by atoms with Gasteiger partial charge in [0.05, 0.1) is 0 Å². The molecular weight excluding hydrogens is 289 g/mol. The highest BCUT2D eigenvalue weighted by atomic mass is 35.5. The number of phenolic OH excluding ortho intramolecular Hbond substituents is 1. The number of hydrogen-bond acceptors (Lipinski definition) is 2. The van der Waals surface area contributed by atoms with Crippen LogP contribution in [0.2, 0.25) is 5.02 Å². The normalized spacial score (nSPS) is 12.3. The number of rotatable bonds is 6. The van der Waals surface area contributed by atoms with Gasteiger partial charge in [0.25, 0.3) is 0 Å². The smallest absolute Gasteiger partial charge is 0.129 e. The van der Waals surface area contributed by atoms with Crippen LogP contribution in [0.1, 0.15) is 24.5 Å². The second kappa shape index (κ2) is 7.43. The highest BCUT2D eigenvalue weighted by Gasteiger charge is 2.08. The molecule has 0 aliphatic carbocycles. The summed E-state index contributed by atoms with van der Waals surface area (Å²) in [5.74, 6) is -0.000136. The van der Waals surface area contributed by atoms with Crippen LogP contribution in [0.15, 0.2) is 42.5 Å². The highest BCUT2D eigenvalue weighted by molar-refractivity contribution is 6.31. The van der Waals surface area contributed by atoms with Gasteiger partial charge in [-0.05, 0) is 49.6 Å². The number of aromatic hydroxyl groups is 1. The van der Waals surface area contributed by atoms with E-state index in [9.17, 15) is 9.50 Å². The van der Waals surface area contributed by atoms with Crippen molar-refractivity contribution in [3.63, 3.8) is 0 Å². The van der Waals surface area contributed by atoms with Gasteiger partial charge >= 0.3 is 0 Å². The van der Waals surface area contributed by atoms with E-state index in [2.05, 4.69) is 12.2 Å². The molecule has 112 valence electrons. The average molecular weight is 308 g/mol. The van der Waals surface area contributed by atoms with Gasteiger partial charge in [0.2, 0.25) is 0 Å². The lowest BCUT2D eigenvalue weighted by Crippen LogP contribution is -2.26. The van der Waals surface area contributed by atoms with Crippen molar-refractivity contribution >= 4 is 11.6 Å². The van der Waals surface area contributed by atoms with Gasteiger partial charge in [-0.2, -0.15) is 0 Å². The van der Waals surface area contributed by atoms with Crippen molar-refractivity contribution in [3.05, 3.63) is 64.4 Å². The predicted octanol–water partition coefficient (Wildman–Crippen LogP) is 4.30. The van der Waals surface area contributed by atoms with Gasteiger partial charge in [-0.15, -0.1) is 0 Å². The van der Waals surface area contributed by atoms with Crippen molar-refractivity contribution in [2.45, 2.75) is 32.4 Å². The van der Waals surface area contributed by atoms with Crippen molar-refractivity contribution in [2.75, 3.05) is 0 Å². The molecule has 4 heteroatoms. The zero-order valence-electron chi connectivity index (χ0n) is 11.9. The molecule has 0 saturated carbocycles. The number of benzene rings is 2. The minimum atomic E-state index is -0.277. The van der Waals surface area contributed by atoms with Gasteiger partial charge in [-0.3, -0.25) is 0 Å². The van der Waals surface area contributed by atoms with E-state index in [1.54, 1.807) is 24.3 Å². The summed E-state index contributed by atoms with van der Waals surface area (Å²) in [5.41, 5.74) is 1.68. The Morgan fingerprint density at radius 2 is 1.90 bits per heavy atom. The van der Waals surface area contributed by atoms with Crippen LogP contribution < -0.4 is 5.32 Å². The van der Waals surface area contributed by atoms with Gasteiger partial charge in [-0.1, -0.05) is 29.8 Å². The van der Waals surface area contributed by atoms with Crippen LogP contribution in [-0.4, -0.2) is 11.1 Å². The molecule has 1 unspecified atom stereocenters. The second-order valence-corrected chi connectivity index (χ2v) is 5.59. The Balaban J connectivity index is 1.82. The molecule has 0 radical (unpaired) electrons. The molecule has 2 aromatic rings. The van der Waals surface area contributed by atoms with E-state index < -0.39 is 0 Å². The Bertz CT molecular complexity index is 566. The van der Waals surface area contributed by atoms with E-state index in [4.69, 9.17) is 11.6 Å². The molecule has 0 bridgehead atoms. The summed E-state index contributed by atoms with van der Waals surface area (Å²) in [6.45, 7) is 2.48. The predicted molar refractivity (Wildman–Crippen MR) is 84.1 cm³/mol. The monoisotopic (exact) mass is 307 g/mol. The maximum absolute atomic E-state index is 13.6. The Hall–Kier alpha value is -1.58. The maximum atomic E-state index is 13.6. The topological polar surface area (TPSA) is 32.3 Å². The molecule has 2 aromatic carbocycles. The van der Waals surface area contributed by atoms with E-state index in [0.717, 1.165) is 12.8 Å². The van der Waals surface area contributed by atoms with Crippen LogP contribution >= 0.6 is 11.6 Å². The van der Waals surface area contributed by atoms with Gasteiger partial charge in [-0.25, -0.2) is 4.39 Å². The van der Waals surface area contributed by atoms with Crippen molar-refractivity contribution in [3.8, 4) is 5.75 Å². The van der Waals surface area contributed by atoms with Gasteiger partial charge in [0, 0.05) is 23.2 Å². The Kier molecular flexibility index (Phi) is 5.59.